The van der Waals surface area contributed by atoms with Crippen LogP contribution in [0.15, 0.2) is 42.5 Å². The lowest BCUT2D eigenvalue weighted by Crippen LogP contribution is -2.22. The van der Waals surface area contributed by atoms with Crippen LogP contribution in [0.3, 0.4) is 0 Å². The van der Waals surface area contributed by atoms with E-state index in [2.05, 4.69) is 29.8 Å². The third-order valence-corrected chi connectivity index (χ3v) is 4.09. The van der Waals surface area contributed by atoms with Gasteiger partial charge in [0.2, 0.25) is 11.8 Å². The fourth-order valence-corrected chi connectivity index (χ4v) is 2.48. The van der Waals surface area contributed by atoms with Gasteiger partial charge in [-0.3, -0.25) is 9.59 Å². The molecule has 0 aliphatic heterocycles. The summed E-state index contributed by atoms with van der Waals surface area (Å²) in [5.41, 5.74) is 3.16. The average Bonchev–Trinajstić information content (AvgIpc) is 2.68. The maximum absolute atomic E-state index is 12.2. The van der Waals surface area contributed by atoms with Crippen LogP contribution in [0, 0.1) is 12.8 Å². The standard InChI is InChI=1S/C22H29N3O3/c1-5-21(26)25-20-8-6-7-19(16(20)4)23-13-22(27)24-17-9-11-18(12-10-17)28-14-15(2)3/h6-12,15,23H,5,13-14H2,1-4H3,(H,24,27)(H,25,26). The smallest absolute Gasteiger partial charge is 0.243 e. The van der Waals surface area contributed by atoms with Gasteiger partial charge >= 0.3 is 0 Å². The molecule has 2 rings (SSSR count). The van der Waals surface area contributed by atoms with Gasteiger partial charge in [-0.1, -0.05) is 26.8 Å². The zero-order chi connectivity index (χ0) is 20.5. The molecular formula is C22H29N3O3. The normalized spacial score (nSPS) is 10.5. The van der Waals surface area contributed by atoms with Gasteiger partial charge in [0.25, 0.3) is 0 Å². The van der Waals surface area contributed by atoms with E-state index >= 15 is 0 Å². The Hall–Kier alpha value is -3.02. The molecule has 28 heavy (non-hydrogen) atoms. The summed E-state index contributed by atoms with van der Waals surface area (Å²) in [7, 11) is 0. The molecule has 0 aliphatic rings. The van der Waals surface area contributed by atoms with Crippen LogP contribution in [0.25, 0.3) is 0 Å². The molecule has 0 saturated carbocycles. The lowest BCUT2D eigenvalue weighted by molar-refractivity contribution is -0.116. The van der Waals surface area contributed by atoms with E-state index in [4.69, 9.17) is 4.74 Å². The number of hydrogen-bond acceptors (Lipinski definition) is 4. The predicted octanol–water partition coefficient (Wildman–Crippen LogP) is 4.43. The number of hydrogen-bond donors (Lipinski definition) is 3. The summed E-state index contributed by atoms with van der Waals surface area (Å²) in [5.74, 6) is 1.05. The van der Waals surface area contributed by atoms with Crippen LogP contribution in [0.5, 0.6) is 5.75 Å². The second-order valence-electron chi connectivity index (χ2n) is 7.01. The van der Waals surface area contributed by atoms with Crippen molar-refractivity contribution in [3.05, 3.63) is 48.0 Å². The van der Waals surface area contributed by atoms with E-state index in [1.807, 2.05) is 49.4 Å². The van der Waals surface area contributed by atoms with Crippen LogP contribution in [-0.4, -0.2) is 25.0 Å². The van der Waals surface area contributed by atoms with Gasteiger partial charge in [-0.05, 0) is 54.8 Å². The molecule has 0 bridgehead atoms. The van der Waals surface area contributed by atoms with Crippen molar-refractivity contribution in [3.63, 3.8) is 0 Å². The van der Waals surface area contributed by atoms with E-state index in [0.717, 1.165) is 22.7 Å². The summed E-state index contributed by atoms with van der Waals surface area (Å²) in [6.07, 6.45) is 0.417. The fourth-order valence-electron chi connectivity index (χ4n) is 2.48. The van der Waals surface area contributed by atoms with Gasteiger partial charge in [0.15, 0.2) is 0 Å². The van der Waals surface area contributed by atoms with E-state index in [9.17, 15) is 9.59 Å². The first-order valence-corrected chi connectivity index (χ1v) is 9.55. The van der Waals surface area contributed by atoms with Crippen molar-refractivity contribution in [2.75, 3.05) is 29.1 Å². The molecule has 0 aromatic heterocycles. The Morgan fingerprint density at radius 3 is 2.29 bits per heavy atom. The third-order valence-electron chi connectivity index (χ3n) is 4.09. The van der Waals surface area contributed by atoms with Crippen LogP contribution < -0.4 is 20.7 Å². The van der Waals surface area contributed by atoms with Crippen molar-refractivity contribution in [2.24, 2.45) is 5.92 Å². The van der Waals surface area contributed by atoms with Gasteiger partial charge < -0.3 is 20.7 Å². The number of carbonyl (C=O) groups is 2. The minimum atomic E-state index is -0.154. The fraction of sp³-hybridized carbons (Fsp3) is 0.364. The van der Waals surface area contributed by atoms with E-state index in [0.29, 0.717) is 24.6 Å². The summed E-state index contributed by atoms with van der Waals surface area (Å²) in [5, 5.41) is 8.83. The maximum atomic E-state index is 12.2. The van der Waals surface area contributed by atoms with Crippen LogP contribution in [0.4, 0.5) is 17.1 Å². The molecule has 0 heterocycles. The van der Waals surface area contributed by atoms with Gasteiger partial charge in [0, 0.05) is 23.5 Å². The number of ether oxygens (including phenoxy) is 1. The van der Waals surface area contributed by atoms with Gasteiger partial charge in [-0.25, -0.2) is 0 Å². The quantitative estimate of drug-likeness (QED) is 0.598. The van der Waals surface area contributed by atoms with Gasteiger partial charge in [0.1, 0.15) is 5.75 Å². The minimum Gasteiger partial charge on any atom is -0.493 e. The maximum Gasteiger partial charge on any atom is 0.243 e. The highest BCUT2D eigenvalue weighted by atomic mass is 16.5. The Morgan fingerprint density at radius 1 is 0.964 bits per heavy atom. The van der Waals surface area contributed by atoms with Gasteiger partial charge in [0.05, 0.1) is 13.2 Å². The summed E-state index contributed by atoms with van der Waals surface area (Å²) in [6, 6.07) is 12.9. The van der Waals surface area contributed by atoms with Crippen molar-refractivity contribution in [3.8, 4) is 5.75 Å². The topological polar surface area (TPSA) is 79.5 Å². The molecule has 0 saturated heterocycles. The molecule has 3 N–H and O–H groups in total. The summed E-state index contributed by atoms with van der Waals surface area (Å²) >= 11 is 0. The Bertz CT molecular complexity index is 801. The molecule has 2 aromatic rings. The molecular weight excluding hydrogens is 354 g/mol. The molecule has 150 valence electrons. The van der Waals surface area contributed by atoms with Gasteiger partial charge in [-0.15, -0.1) is 0 Å². The van der Waals surface area contributed by atoms with Crippen molar-refractivity contribution in [2.45, 2.75) is 34.1 Å². The Kier molecular flexibility index (Phi) is 7.87. The van der Waals surface area contributed by atoms with Crippen LogP contribution in [-0.2, 0) is 9.59 Å². The zero-order valence-corrected chi connectivity index (χ0v) is 17.0. The number of amides is 2. The second kappa shape index (κ2) is 10.3. The number of nitrogens with one attached hydrogen (secondary N) is 3. The Morgan fingerprint density at radius 2 is 1.64 bits per heavy atom. The molecule has 0 spiro atoms. The summed E-state index contributed by atoms with van der Waals surface area (Å²) < 4.78 is 5.64. The molecule has 0 fully saturated rings. The number of carbonyl (C=O) groups excluding carboxylic acids is 2. The highest BCUT2D eigenvalue weighted by molar-refractivity contribution is 5.95. The molecule has 6 heteroatoms. The number of anilines is 3. The summed E-state index contributed by atoms with van der Waals surface area (Å²) in [4.78, 5) is 23.8. The van der Waals surface area contributed by atoms with Crippen molar-refractivity contribution in [1.82, 2.24) is 0 Å². The molecule has 6 nitrogen and oxygen atoms in total. The Labute approximate surface area is 166 Å². The molecule has 2 amide bonds. The second-order valence-corrected chi connectivity index (χ2v) is 7.01. The third kappa shape index (κ3) is 6.61. The first kappa shape index (κ1) is 21.3. The summed E-state index contributed by atoms with van der Waals surface area (Å²) in [6.45, 7) is 8.68. The first-order valence-electron chi connectivity index (χ1n) is 9.55. The number of benzene rings is 2. The molecule has 2 aromatic carbocycles. The molecule has 0 atom stereocenters. The molecule has 0 radical (unpaired) electrons. The Balaban J connectivity index is 1.88. The zero-order valence-electron chi connectivity index (χ0n) is 17.0. The molecule has 0 unspecified atom stereocenters. The minimum absolute atomic E-state index is 0.0428. The largest absolute Gasteiger partial charge is 0.493 e. The predicted molar refractivity (Wildman–Crippen MR) is 114 cm³/mol. The lowest BCUT2D eigenvalue weighted by Gasteiger charge is -2.14. The van der Waals surface area contributed by atoms with Crippen molar-refractivity contribution in [1.29, 1.82) is 0 Å². The van der Waals surface area contributed by atoms with E-state index in [1.54, 1.807) is 6.92 Å². The van der Waals surface area contributed by atoms with Gasteiger partial charge in [-0.2, -0.15) is 0 Å². The molecule has 0 aliphatic carbocycles. The number of rotatable bonds is 9. The average molecular weight is 383 g/mol. The first-order chi connectivity index (χ1) is 13.4. The van der Waals surface area contributed by atoms with Crippen molar-refractivity contribution >= 4 is 28.9 Å². The van der Waals surface area contributed by atoms with Crippen molar-refractivity contribution < 1.29 is 14.3 Å². The van der Waals surface area contributed by atoms with Crippen LogP contribution in [0.2, 0.25) is 0 Å². The van der Waals surface area contributed by atoms with E-state index in [-0.39, 0.29) is 18.4 Å². The highest BCUT2D eigenvalue weighted by Gasteiger charge is 2.08. The SMILES string of the molecule is CCC(=O)Nc1cccc(NCC(=O)Nc2ccc(OCC(C)C)cc2)c1C. The van der Waals surface area contributed by atoms with E-state index < -0.39 is 0 Å². The van der Waals surface area contributed by atoms with Crippen LogP contribution in [0.1, 0.15) is 32.8 Å². The lowest BCUT2D eigenvalue weighted by atomic mass is 10.1. The van der Waals surface area contributed by atoms with Crippen LogP contribution >= 0.6 is 0 Å². The highest BCUT2D eigenvalue weighted by Crippen LogP contribution is 2.23. The monoisotopic (exact) mass is 383 g/mol. The van der Waals surface area contributed by atoms with E-state index in [1.165, 1.54) is 0 Å².